The summed E-state index contributed by atoms with van der Waals surface area (Å²) in [5.41, 5.74) is 6.57. The van der Waals surface area contributed by atoms with Crippen LogP contribution in [0.15, 0.2) is 39.3 Å². The molecule has 0 spiro atoms. The van der Waals surface area contributed by atoms with E-state index in [1.165, 1.54) is 12.1 Å². The Hall–Kier alpha value is -0.0500. The highest BCUT2D eigenvalue weighted by molar-refractivity contribution is 14.1. The molecule has 2 rings (SSSR count). The van der Waals surface area contributed by atoms with Gasteiger partial charge in [-0.2, -0.15) is 0 Å². The second-order valence-electron chi connectivity index (χ2n) is 3.90. The molecule has 2 aromatic rings. The molecule has 1 atom stereocenters. The summed E-state index contributed by atoms with van der Waals surface area (Å²) in [6.45, 7) is 0. The lowest BCUT2D eigenvalue weighted by Crippen LogP contribution is -2.17. The van der Waals surface area contributed by atoms with Crippen LogP contribution in [0.2, 0.25) is 0 Å². The summed E-state index contributed by atoms with van der Waals surface area (Å²) in [5.74, 6) is -1.31. The van der Waals surface area contributed by atoms with Crippen LogP contribution in [0.5, 0.6) is 0 Å². The third-order valence-electron chi connectivity index (χ3n) is 2.68. The van der Waals surface area contributed by atoms with Crippen molar-refractivity contribution in [1.82, 2.24) is 0 Å². The fourth-order valence-electron chi connectivity index (χ4n) is 1.74. The van der Waals surface area contributed by atoms with Crippen molar-refractivity contribution in [2.75, 3.05) is 0 Å². The van der Waals surface area contributed by atoms with Crippen LogP contribution in [0, 0.1) is 15.2 Å². The van der Waals surface area contributed by atoms with E-state index in [4.69, 9.17) is 5.73 Å². The lowest BCUT2D eigenvalue weighted by molar-refractivity contribution is 0.539. The Morgan fingerprint density at radius 2 is 1.79 bits per heavy atom. The molecule has 2 aromatic carbocycles. The quantitative estimate of drug-likeness (QED) is 0.446. The van der Waals surface area contributed by atoms with Crippen molar-refractivity contribution in [2.45, 2.75) is 6.04 Å². The lowest BCUT2D eigenvalue weighted by atomic mass is 9.99. The van der Waals surface area contributed by atoms with Gasteiger partial charge in [0.2, 0.25) is 0 Å². The third kappa shape index (κ3) is 3.17. The Morgan fingerprint density at radius 1 is 1.11 bits per heavy atom. The fraction of sp³-hybridized carbons (Fsp3) is 0.0769. The summed E-state index contributed by atoms with van der Waals surface area (Å²) in [6.07, 6.45) is 0. The van der Waals surface area contributed by atoms with E-state index in [0.717, 1.165) is 8.04 Å². The van der Waals surface area contributed by atoms with E-state index in [9.17, 15) is 8.78 Å². The lowest BCUT2D eigenvalue weighted by Gasteiger charge is -2.17. The topological polar surface area (TPSA) is 26.0 Å². The van der Waals surface area contributed by atoms with Crippen molar-refractivity contribution in [3.63, 3.8) is 0 Å². The van der Waals surface area contributed by atoms with Gasteiger partial charge in [0.15, 0.2) is 0 Å². The van der Waals surface area contributed by atoms with E-state index in [1.807, 2.05) is 12.1 Å². The maximum absolute atomic E-state index is 14.0. The number of benzene rings is 2. The predicted molar refractivity (Wildman–Crippen MR) is 86.9 cm³/mol. The summed E-state index contributed by atoms with van der Waals surface area (Å²) in [7, 11) is 0. The van der Waals surface area contributed by atoms with Gasteiger partial charge >= 0.3 is 0 Å². The Bertz CT molecular complexity index is 634. The van der Waals surface area contributed by atoms with Crippen LogP contribution in [0.1, 0.15) is 17.2 Å². The minimum Gasteiger partial charge on any atom is -0.320 e. The first-order valence-corrected chi connectivity index (χ1v) is 7.92. The molecule has 0 amide bonds. The van der Waals surface area contributed by atoms with Gasteiger partial charge in [-0.15, -0.1) is 0 Å². The second kappa shape index (κ2) is 6.15. The molecule has 0 saturated heterocycles. The molecule has 0 aromatic heterocycles. The molecule has 1 unspecified atom stereocenters. The molecule has 0 aliphatic heterocycles. The SMILES string of the molecule is NC(c1cc(Br)ccc1I)c1c(F)ccc(Br)c1F. The molecule has 19 heavy (non-hydrogen) atoms. The summed E-state index contributed by atoms with van der Waals surface area (Å²) in [5, 5.41) is 0. The molecular formula is C13H8Br2F2IN. The Balaban J connectivity index is 2.59. The highest BCUT2D eigenvalue weighted by Gasteiger charge is 2.22. The van der Waals surface area contributed by atoms with Crippen LogP contribution in [0.4, 0.5) is 8.78 Å². The zero-order chi connectivity index (χ0) is 14.2. The number of halogens is 5. The first-order chi connectivity index (χ1) is 8.91. The monoisotopic (exact) mass is 501 g/mol. The molecule has 0 aliphatic rings. The first kappa shape index (κ1) is 15.3. The third-order valence-corrected chi connectivity index (χ3v) is 4.77. The summed E-state index contributed by atoms with van der Waals surface area (Å²) >= 11 is 8.47. The molecule has 2 N–H and O–H groups in total. The van der Waals surface area contributed by atoms with Crippen LogP contribution in [0.25, 0.3) is 0 Å². The summed E-state index contributed by atoms with van der Waals surface area (Å²) < 4.78 is 29.8. The van der Waals surface area contributed by atoms with E-state index in [2.05, 4.69) is 54.5 Å². The van der Waals surface area contributed by atoms with Gasteiger partial charge < -0.3 is 5.73 Å². The average Bonchev–Trinajstić information content (AvgIpc) is 2.37. The molecule has 0 bridgehead atoms. The van der Waals surface area contributed by atoms with Crippen LogP contribution in [-0.2, 0) is 0 Å². The smallest absolute Gasteiger partial charge is 0.145 e. The fourth-order valence-corrected chi connectivity index (χ4v) is 3.13. The van der Waals surface area contributed by atoms with Gasteiger partial charge in [-0.05, 0) is 74.4 Å². The molecule has 100 valence electrons. The van der Waals surface area contributed by atoms with Gasteiger partial charge in [0.05, 0.1) is 10.5 Å². The zero-order valence-corrected chi connectivity index (χ0v) is 14.8. The standard InChI is InChI=1S/C13H8Br2F2IN/c14-6-1-4-10(18)7(5-6)13(19)11-9(16)3-2-8(15)12(11)17/h1-5,13H,19H2. The maximum atomic E-state index is 14.0. The molecule has 6 heteroatoms. The van der Waals surface area contributed by atoms with Crippen LogP contribution in [-0.4, -0.2) is 0 Å². The van der Waals surface area contributed by atoms with Gasteiger partial charge in [-0.1, -0.05) is 15.9 Å². The van der Waals surface area contributed by atoms with E-state index < -0.39 is 17.7 Å². The van der Waals surface area contributed by atoms with Crippen molar-refractivity contribution in [1.29, 1.82) is 0 Å². The van der Waals surface area contributed by atoms with Gasteiger partial charge in [0.1, 0.15) is 11.6 Å². The molecular weight excluding hydrogens is 495 g/mol. The molecule has 0 saturated carbocycles. The molecule has 0 aliphatic carbocycles. The van der Waals surface area contributed by atoms with Crippen LogP contribution >= 0.6 is 54.5 Å². The van der Waals surface area contributed by atoms with E-state index in [0.29, 0.717) is 5.56 Å². The minimum absolute atomic E-state index is 0.134. The number of nitrogens with two attached hydrogens (primary N) is 1. The van der Waals surface area contributed by atoms with Crippen molar-refractivity contribution < 1.29 is 8.78 Å². The number of rotatable bonds is 2. The van der Waals surface area contributed by atoms with Gasteiger partial charge in [-0.25, -0.2) is 8.78 Å². The van der Waals surface area contributed by atoms with Gasteiger partial charge in [0.25, 0.3) is 0 Å². The summed E-state index contributed by atoms with van der Waals surface area (Å²) in [6, 6.07) is 7.13. The number of hydrogen-bond donors (Lipinski definition) is 1. The average molecular weight is 503 g/mol. The van der Waals surface area contributed by atoms with Crippen LogP contribution < -0.4 is 5.73 Å². The highest BCUT2D eigenvalue weighted by atomic mass is 127. The predicted octanol–water partition coefficient (Wildman–Crippen LogP) is 5.14. The van der Waals surface area contributed by atoms with Crippen molar-refractivity contribution in [2.24, 2.45) is 5.73 Å². The van der Waals surface area contributed by atoms with Gasteiger partial charge in [-0.3, -0.25) is 0 Å². The second-order valence-corrected chi connectivity index (χ2v) is 6.83. The molecule has 1 nitrogen and oxygen atoms in total. The Morgan fingerprint density at radius 3 is 2.47 bits per heavy atom. The Kier molecular flexibility index (Phi) is 4.97. The van der Waals surface area contributed by atoms with Crippen molar-refractivity contribution in [3.8, 4) is 0 Å². The van der Waals surface area contributed by atoms with Crippen molar-refractivity contribution in [3.05, 3.63) is 65.6 Å². The normalized spacial score (nSPS) is 12.5. The molecule has 0 radical (unpaired) electrons. The molecule has 0 heterocycles. The van der Waals surface area contributed by atoms with Crippen molar-refractivity contribution >= 4 is 54.5 Å². The Labute approximate surface area is 140 Å². The van der Waals surface area contributed by atoms with Gasteiger partial charge in [0, 0.05) is 13.6 Å². The first-order valence-electron chi connectivity index (χ1n) is 5.25. The van der Waals surface area contributed by atoms with Crippen LogP contribution in [0.3, 0.4) is 0 Å². The number of hydrogen-bond acceptors (Lipinski definition) is 1. The zero-order valence-electron chi connectivity index (χ0n) is 9.43. The highest BCUT2D eigenvalue weighted by Crippen LogP contribution is 2.32. The largest absolute Gasteiger partial charge is 0.320 e. The summed E-state index contributed by atoms with van der Waals surface area (Å²) in [4.78, 5) is 0. The minimum atomic E-state index is -0.859. The molecule has 0 fully saturated rings. The van der Waals surface area contributed by atoms with E-state index in [1.54, 1.807) is 6.07 Å². The van der Waals surface area contributed by atoms with E-state index >= 15 is 0 Å². The van der Waals surface area contributed by atoms with E-state index in [-0.39, 0.29) is 10.0 Å². The maximum Gasteiger partial charge on any atom is 0.145 e.